The van der Waals surface area contributed by atoms with E-state index < -0.39 is 0 Å². The van der Waals surface area contributed by atoms with E-state index in [4.69, 9.17) is 5.73 Å². The summed E-state index contributed by atoms with van der Waals surface area (Å²) in [5, 5.41) is 2.93. The first-order valence-corrected chi connectivity index (χ1v) is 8.07. The van der Waals surface area contributed by atoms with Gasteiger partial charge in [0, 0.05) is 18.9 Å². The number of aromatic nitrogens is 2. The summed E-state index contributed by atoms with van der Waals surface area (Å²) in [6, 6.07) is 0. The molecule has 112 valence electrons. The van der Waals surface area contributed by atoms with Gasteiger partial charge in [0.05, 0.1) is 5.69 Å². The predicted octanol–water partition coefficient (Wildman–Crippen LogP) is 1.49. The van der Waals surface area contributed by atoms with Crippen molar-refractivity contribution in [1.29, 1.82) is 0 Å². The maximum Gasteiger partial charge on any atom is 0.263 e. The summed E-state index contributed by atoms with van der Waals surface area (Å²) < 4.78 is 0. The lowest BCUT2D eigenvalue weighted by atomic mass is 10.3. The molecule has 0 aliphatic carbocycles. The van der Waals surface area contributed by atoms with E-state index in [0.717, 1.165) is 13.0 Å². The smallest absolute Gasteiger partial charge is 0.263 e. The predicted molar refractivity (Wildman–Crippen MR) is 84.5 cm³/mol. The van der Waals surface area contributed by atoms with Crippen LogP contribution < -0.4 is 11.1 Å². The summed E-state index contributed by atoms with van der Waals surface area (Å²) in [5.74, 6) is -0.126. The maximum absolute atomic E-state index is 12.2. The van der Waals surface area contributed by atoms with E-state index in [2.05, 4.69) is 20.2 Å². The second-order valence-corrected chi connectivity index (χ2v) is 6.21. The number of nitrogens with zero attached hydrogens (tertiary/aromatic N) is 3. The molecule has 1 aliphatic rings. The number of nitrogens with two attached hydrogens (primary N) is 1. The molecule has 0 atom stereocenters. The van der Waals surface area contributed by atoms with Gasteiger partial charge in [-0.25, -0.2) is 9.97 Å². The van der Waals surface area contributed by atoms with Crippen LogP contribution in [-0.4, -0.2) is 47.0 Å². The fourth-order valence-corrected chi connectivity index (χ4v) is 3.54. The standard InChI is InChI=1S/C14H19N5OS/c15-10-11-14(18-6-5-16-11)21-12(10)13(20)17-4-3-9-19-7-1-2-8-19/h5-6H,1-4,7-9,15H2,(H,17,20). The van der Waals surface area contributed by atoms with Crippen LogP contribution in [0.3, 0.4) is 0 Å². The highest BCUT2D eigenvalue weighted by atomic mass is 32.1. The monoisotopic (exact) mass is 305 g/mol. The normalized spacial score (nSPS) is 15.6. The molecule has 2 aromatic rings. The highest BCUT2D eigenvalue weighted by molar-refractivity contribution is 7.21. The van der Waals surface area contributed by atoms with Crippen molar-refractivity contribution in [2.24, 2.45) is 0 Å². The van der Waals surface area contributed by atoms with Crippen molar-refractivity contribution in [3.63, 3.8) is 0 Å². The highest BCUT2D eigenvalue weighted by Crippen LogP contribution is 2.30. The third kappa shape index (κ3) is 3.14. The molecule has 3 N–H and O–H groups in total. The van der Waals surface area contributed by atoms with Crippen molar-refractivity contribution >= 4 is 33.3 Å². The first kappa shape index (κ1) is 14.2. The molecular formula is C14H19N5OS. The lowest BCUT2D eigenvalue weighted by Gasteiger charge is -2.14. The molecule has 0 radical (unpaired) electrons. The molecule has 1 aliphatic heterocycles. The zero-order valence-corrected chi connectivity index (χ0v) is 12.7. The molecule has 2 aromatic heterocycles. The second kappa shape index (κ2) is 6.36. The molecule has 6 nitrogen and oxygen atoms in total. The van der Waals surface area contributed by atoms with Crippen LogP contribution in [-0.2, 0) is 0 Å². The Morgan fingerprint density at radius 1 is 1.33 bits per heavy atom. The quantitative estimate of drug-likeness (QED) is 0.818. The van der Waals surface area contributed by atoms with E-state index in [1.54, 1.807) is 12.4 Å². The zero-order valence-electron chi connectivity index (χ0n) is 11.8. The van der Waals surface area contributed by atoms with Crippen molar-refractivity contribution in [2.45, 2.75) is 19.3 Å². The van der Waals surface area contributed by atoms with Gasteiger partial charge in [-0.05, 0) is 38.9 Å². The number of hydrogen-bond donors (Lipinski definition) is 2. The molecule has 0 saturated carbocycles. The number of hydrogen-bond acceptors (Lipinski definition) is 6. The molecule has 1 saturated heterocycles. The Balaban J connectivity index is 1.55. The number of anilines is 1. The van der Waals surface area contributed by atoms with Crippen LogP contribution in [0.1, 0.15) is 28.9 Å². The fraction of sp³-hybridized carbons (Fsp3) is 0.500. The van der Waals surface area contributed by atoms with Gasteiger partial charge in [0.2, 0.25) is 0 Å². The second-order valence-electron chi connectivity index (χ2n) is 5.21. The molecule has 1 amide bonds. The van der Waals surface area contributed by atoms with Crippen LogP contribution in [0.2, 0.25) is 0 Å². The van der Waals surface area contributed by atoms with E-state index in [0.29, 0.717) is 27.5 Å². The van der Waals surface area contributed by atoms with Gasteiger partial charge < -0.3 is 16.0 Å². The van der Waals surface area contributed by atoms with Crippen molar-refractivity contribution in [3.8, 4) is 0 Å². The Hall–Kier alpha value is -1.73. The minimum Gasteiger partial charge on any atom is -0.396 e. The van der Waals surface area contributed by atoms with Crippen molar-refractivity contribution < 1.29 is 4.79 Å². The molecule has 0 unspecified atom stereocenters. The Morgan fingerprint density at radius 2 is 2.10 bits per heavy atom. The fourth-order valence-electron chi connectivity index (χ4n) is 2.60. The van der Waals surface area contributed by atoms with E-state index in [9.17, 15) is 4.79 Å². The van der Waals surface area contributed by atoms with Gasteiger partial charge >= 0.3 is 0 Å². The molecule has 3 heterocycles. The van der Waals surface area contributed by atoms with Crippen molar-refractivity contribution in [3.05, 3.63) is 17.3 Å². The van der Waals surface area contributed by atoms with Gasteiger partial charge in [0.25, 0.3) is 5.91 Å². The van der Waals surface area contributed by atoms with Crippen LogP contribution in [0, 0.1) is 0 Å². The van der Waals surface area contributed by atoms with Crippen molar-refractivity contribution in [2.75, 3.05) is 31.9 Å². The van der Waals surface area contributed by atoms with E-state index >= 15 is 0 Å². The van der Waals surface area contributed by atoms with Gasteiger partial charge in [0.1, 0.15) is 15.2 Å². The molecular weight excluding hydrogens is 286 g/mol. The molecule has 21 heavy (non-hydrogen) atoms. The summed E-state index contributed by atoms with van der Waals surface area (Å²) >= 11 is 1.29. The number of rotatable bonds is 5. The number of carbonyl (C=O) groups is 1. The Labute approximate surface area is 127 Å². The molecule has 0 bridgehead atoms. The van der Waals surface area contributed by atoms with Gasteiger partial charge in [-0.15, -0.1) is 11.3 Å². The van der Waals surface area contributed by atoms with Crippen LogP contribution >= 0.6 is 11.3 Å². The number of nitrogen functional groups attached to an aromatic ring is 1. The maximum atomic E-state index is 12.2. The number of fused-ring (bicyclic) bond motifs is 1. The van der Waals surface area contributed by atoms with Crippen LogP contribution in [0.4, 0.5) is 5.69 Å². The number of likely N-dealkylation sites (tertiary alicyclic amines) is 1. The number of nitrogens with one attached hydrogen (secondary N) is 1. The van der Waals surface area contributed by atoms with Crippen LogP contribution in [0.5, 0.6) is 0 Å². The van der Waals surface area contributed by atoms with E-state index in [1.807, 2.05) is 0 Å². The lowest BCUT2D eigenvalue weighted by molar-refractivity contribution is 0.0957. The van der Waals surface area contributed by atoms with Gasteiger partial charge in [-0.1, -0.05) is 0 Å². The van der Waals surface area contributed by atoms with Crippen LogP contribution in [0.15, 0.2) is 12.4 Å². The summed E-state index contributed by atoms with van der Waals surface area (Å²) in [6.07, 6.45) is 6.75. The third-order valence-corrected chi connectivity index (χ3v) is 4.81. The Morgan fingerprint density at radius 3 is 2.86 bits per heavy atom. The molecule has 7 heteroatoms. The largest absolute Gasteiger partial charge is 0.396 e. The number of carbonyl (C=O) groups excluding carboxylic acids is 1. The summed E-state index contributed by atoms with van der Waals surface area (Å²) in [6.45, 7) is 4.10. The average Bonchev–Trinajstić information content (AvgIpc) is 3.12. The SMILES string of the molecule is Nc1c(C(=O)NCCCN2CCCC2)sc2nccnc12. The molecule has 0 spiro atoms. The number of amides is 1. The summed E-state index contributed by atoms with van der Waals surface area (Å²) in [7, 11) is 0. The third-order valence-electron chi connectivity index (χ3n) is 3.70. The minimum absolute atomic E-state index is 0.126. The van der Waals surface area contributed by atoms with E-state index in [1.165, 1.54) is 37.3 Å². The lowest BCUT2D eigenvalue weighted by Crippen LogP contribution is -2.28. The van der Waals surface area contributed by atoms with Crippen molar-refractivity contribution in [1.82, 2.24) is 20.2 Å². The summed E-state index contributed by atoms with van der Waals surface area (Å²) in [5.41, 5.74) is 7.03. The molecule has 1 fully saturated rings. The van der Waals surface area contributed by atoms with E-state index in [-0.39, 0.29) is 5.91 Å². The van der Waals surface area contributed by atoms with Gasteiger partial charge in [-0.3, -0.25) is 4.79 Å². The first-order valence-electron chi connectivity index (χ1n) is 7.25. The minimum atomic E-state index is -0.126. The average molecular weight is 305 g/mol. The van der Waals surface area contributed by atoms with Gasteiger partial charge in [-0.2, -0.15) is 0 Å². The summed E-state index contributed by atoms with van der Waals surface area (Å²) in [4.78, 5) is 24.2. The Bertz CT molecular complexity index is 635. The Kier molecular flexibility index (Phi) is 4.31. The molecule has 3 rings (SSSR count). The first-order chi connectivity index (χ1) is 10.3. The van der Waals surface area contributed by atoms with Gasteiger partial charge in [0.15, 0.2) is 0 Å². The van der Waals surface area contributed by atoms with Crippen LogP contribution in [0.25, 0.3) is 10.3 Å². The topological polar surface area (TPSA) is 84.1 Å². The number of thiophene rings is 1. The highest BCUT2D eigenvalue weighted by Gasteiger charge is 2.17. The zero-order chi connectivity index (χ0) is 14.7. The molecule has 0 aromatic carbocycles.